The molecular formula is C12H14BrN3O2S2. The van der Waals surface area contributed by atoms with Gasteiger partial charge in [-0.3, -0.25) is 5.84 Å². The normalized spacial score (nSPS) is 11.8. The van der Waals surface area contributed by atoms with Gasteiger partial charge in [-0.2, -0.15) is 4.31 Å². The number of para-hydroxylation sites is 1. The summed E-state index contributed by atoms with van der Waals surface area (Å²) in [6.07, 6.45) is 0. The minimum absolute atomic E-state index is 0.166. The van der Waals surface area contributed by atoms with Crippen LogP contribution in [0.5, 0.6) is 0 Å². The van der Waals surface area contributed by atoms with E-state index in [-0.39, 0.29) is 4.90 Å². The first-order chi connectivity index (χ1) is 9.45. The van der Waals surface area contributed by atoms with Crippen LogP contribution >= 0.6 is 27.3 Å². The van der Waals surface area contributed by atoms with Crippen LogP contribution in [0.25, 0.3) is 0 Å². The van der Waals surface area contributed by atoms with Gasteiger partial charge in [0.25, 0.3) is 0 Å². The monoisotopic (exact) mass is 375 g/mol. The Labute approximate surface area is 130 Å². The average Bonchev–Trinajstić information content (AvgIpc) is 2.84. The summed E-state index contributed by atoms with van der Waals surface area (Å²) < 4.78 is 27.4. The van der Waals surface area contributed by atoms with Gasteiger partial charge in [-0.15, -0.1) is 11.3 Å². The van der Waals surface area contributed by atoms with E-state index in [0.29, 0.717) is 12.2 Å². The summed E-state index contributed by atoms with van der Waals surface area (Å²) in [7, 11) is -2.04. The number of hydrogen-bond donors (Lipinski definition) is 2. The molecule has 0 aliphatic heterocycles. The van der Waals surface area contributed by atoms with Crippen molar-refractivity contribution in [1.82, 2.24) is 4.31 Å². The number of hydrazine groups is 1. The van der Waals surface area contributed by atoms with Crippen molar-refractivity contribution >= 4 is 43.0 Å². The fraction of sp³-hybridized carbons (Fsp3) is 0.167. The van der Waals surface area contributed by atoms with E-state index in [0.717, 1.165) is 9.35 Å². The molecular weight excluding hydrogens is 362 g/mol. The van der Waals surface area contributed by atoms with Gasteiger partial charge < -0.3 is 5.43 Å². The lowest BCUT2D eigenvalue weighted by atomic mass is 10.3. The second kappa shape index (κ2) is 6.23. The Morgan fingerprint density at radius 1 is 1.40 bits per heavy atom. The number of anilines is 1. The molecule has 0 atom stereocenters. The summed E-state index contributed by atoms with van der Waals surface area (Å²) in [4.78, 5) is 0.166. The van der Waals surface area contributed by atoms with Crippen LogP contribution in [0.1, 0.15) is 5.56 Å². The molecule has 0 bridgehead atoms. The number of nitrogens with one attached hydrogen (secondary N) is 1. The van der Waals surface area contributed by atoms with E-state index < -0.39 is 10.0 Å². The van der Waals surface area contributed by atoms with Crippen LogP contribution in [0.15, 0.2) is 44.4 Å². The highest BCUT2D eigenvalue weighted by Gasteiger charge is 2.23. The number of rotatable bonds is 5. The van der Waals surface area contributed by atoms with Gasteiger partial charge in [0.05, 0.1) is 9.47 Å². The summed E-state index contributed by atoms with van der Waals surface area (Å²) in [5.74, 6) is 5.37. The first kappa shape index (κ1) is 15.5. The number of halogens is 1. The van der Waals surface area contributed by atoms with Gasteiger partial charge in [-0.25, -0.2) is 8.42 Å². The zero-order valence-electron chi connectivity index (χ0n) is 10.7. The highest BCUT2D eigenvalue weighted by atomic mass is 79.9. The van der Waals surface area contributed by atoms with Crippen LogP contribution in [-0.2, 0) is 16.6 Å². The van der Waals surface area contributed by atoms with E-state index in [1.165, 1.54) is 21.7 Å². The van der Waals surface area contributed by atoms with Crippen molar-refractivity contribution in [2.45, 2.75) is 11.4 Å². The Bertz CT molecular complexity index is 700. The molecule has 0 saturated heterocycles. The second-order valence-corrected chi connectivity index (χ2v) is 8.46. The smallest absolute Gasteiger partial charge is 0.245 e. The molecule has 0 saturated carbocycles. The minimum Gasteiger partial charge on any atom is -0.323 e. The summed E-state index contributed by atoms with van der Waals surface area (Å²) in [6.45, 7) is 0.309. The molecule has 5 nitrogen and oxygen atoms in total. The molecule has 0 amide bonds. The summed E-state index contributed by atoms with van der Waals surface area (Å²) in [5.41, 5.74) is 3.73. The summed E-state index contributed by atoms with van der Waals surface area (Å²) >= 11 is 4.89. The first-order valence-electron chi connectivity index (χ1n) is 5.70. The van der Waals surface area contributed by atoms with Crippen LogP contribution in [-0.4, -0.2) is 19.8 Å². The molecule has 2 rings (SSSR count). The zero-order valence-corrected chi connectivity index (χ0v) is 13.9. The quantitative estimate of drug-likeness (QED) is 0.621. The summed E-state index contributed by atoms with van der Waals surface area (Å²) in [6, 6.07) is 8.46. The highest BCUT2D eigenvalue weighted by Crippen LogP contribution is 2.26. The molecule has 0 unspecified atom stereocenters. The summed E-state index contributed by atoms with van der Waals surface area (Å²) in [5, 5.41) is 1.92. The van der Waals surface area contributed by atoms with Crippen molar-refractivity contribution < 1.29 is 8.42 Å². The fourth-order valence-corrected chi connectivity index (χ4v) is 4.26. The molecule has 2 aromatic rings. The van der Waals surface area contributed by atoms with E-state index in [1.54, 1.807) is 25.2 Å². The van der Waals surface area contributed by atoms with Crippen LogP contribution in [0.2, 0.25) is 0 Å². The van der Waals surface area contributed by atoms with Crippen molar-refractivity contribution in [3.63, 3.8) is 0 Å². The number of nitrogen functional groups attached to an aromatic ring is 1. The molecule has 0 spiro atoms. The van der Waals surface area contributed by atoms with Gasteiger partial charge in [0.1, 0.15) is 4.90 Å². The standard InChI is InChI=1S/C12H14BrN3O2S2/c1-16(7-9-6-12(13)19-8-9)20(17,18)11-5-3-2-4-10(11)15-14/h2-6,8,15H,7,14H2,1H3. The molecule has 8 heteroatoms. The molecule has 0 aliphatic carbocycles. The van der Waals surface area contributed by atoms with Gasteiger partial charge >= 0.3 is 0 Å². The molecule has 0 fully saturated rings. The lowest BCUT2D eigenvalue weighted by Gasteiger charge is -2.18. The number of thiophene rings is 1. The van der Waals surface area contributed by atoms with Crippen molar-refractivity contribution in [2.24, 2.45) is 5.84 Å². The Kier molecular flexibility index (Phi) is 4.82. The minimum atomic E-state index is -3.59. The third-order valence-corrected chi connectivity index (χ3v) is 6.17. The molecule has 1 aromatic heterocycles. The Hall–Kier alpha value is -0.930. The van der Waals surface area contributed by atoms with Crippen LogP contribution in [0, 0.1) is 0 Å². The predicted molar refractivity (Wildman–Crippen MR) is 84.9 cm³/mol. The lowest BCUT2D eigenvalue weighted by Crippen LogP contribution is -2.27. The maximum Gasteiger partial charge on any atom is 0.245 e. The number of hydrogen-bond acceptors (Lipinski definition) is 5. The van der Waals surface area contributed by atoms with Crippen molar-refractivity contribution in [1.29, 1.82) is 0 Å². The Morgan fingerprint density at radius 2 is 2.10 bits per heavy atom. The number of nitrogens with two attached hydrogens (primary N) is 1. The third-order valence-electron chi connectivity index (χ3n) is 2.76. The second-order valence-electron chi connectivity index (χ2n) is 4.16. The topological polar surface area (TPSA) is 75.4 Å². The lowest BCUT2D eigenvalue weighted by molar-refractivity contribution is 0.467. The number of sulfonamides is 1. The number of benzene rings is 1. The van der Waals surface area contributed by atoms with Gasteiger partial charge in [0, 0.05) is 13.6 Å². The van der Waals surface area contributed by atoms with E-state index in [1.807, 2.05) is 11.4 Å². The van der Waals surface area contributed by atoms with Crippen molar-refractivity contribution in [3.05, 3.63) is 45.1 Å². The maximum atomic E-state index is 12.5. The van der Waals surface area contributed by atoms with Crippen LogP contribution in [0.3, 0.4) is 0 Å². The van der Waals surface area contributed by atoms with E-state index in [2.05, 4.69) is 21.4 Å². The molecule has 0 radical (unpaired) electrons. The van der Waals surface area contributed by atoms with Gasteiger partial charge in [0.2, 0.25) is 10.0 Å². The van der Waals surface area contributed by atoms with E-state index >= 15 is 0 Å². The zero-order chi connectivity index (χ0) is 14.8. The average molecular weight is 376 g/mol. The van der Waals surface area contributed by atoms with Gasteiger partial charge in [0.15, 0.2) is 0 Å². The molecule has 20 heavy (non-hydrogen) atoms. The fourth-order valence-electron chi connectivity index (χ4n) is 1.75. The molecule has 1 aromatic carbocycles. The molecule has 0 aliphatic rings. The highest BCUT2D eigenvalue weighted by molar-refractivity contribution is 9.11. The van der Waals surface area contributed by atoms with Crippen molar-refractivity contribution in [2.75, 3.05) is 12.5 Å². The van der Waals surface area contributed by atoms with Gasteiger partial charge in [-0.05, 0) is 45.1 Å². The third kappa shape index (κ3) is 3.21. The van der Waals surface area contributed by atoms with E-state index in [4.69, 9.17) is 5.84 Å². The molecule has 1 heterocycles. The van der Waals surface area contributed by atoms with Gasteiger partial charge in [-0.1, -0.05) is 12.1 Å². The van der Waals surface area contributed by atoms with Crippen LogP contribution < -0.4 is 11.3 Å². The van der Waals surface area contributed by atoms with Crippen LogP contribution in [0.4, 0.5) is 5.69 Å². The Morgan fingerprint density at radius 3 is 2.70 bits per heavy atom. The van der Waals surface area contributed by atoms with Crippen molar-refractivity contribution in [3.8, 4) is 0 Å². The predicted octanol–water partition coefficient (Wildman–Crippen LogP) is 2.62. The Balaban J connectivity index is 2.29. The number of nitrogens with zero attached hydrogens (tertiary/aromatic N) is 1. The SMILES string of the molecule is CN(Cc1csc(Br)c1)S(=O)(=O)c1ccccc1NN. The van der Waals surface area contributed by atoms with E-state index in [9.17, 15) is 8.42 Å². The first-order valence-corrected chi connectivity index (χ1v) is 8.81. The maximum absolute atomic E-state index is 12.5. The molecule has 108 valence electrons. The molecule has 3 N–H and O–H groups in total. The largest absolute Gasteiger partial charge is 0.323 e.